The molecule has 3 aliphatic heterocycles. The minimum absolute atomic E-state index is 0.617. The molecule has 0 aliphatic carbocycles. The number of rotatable bonds is 7. The van der Waals surface area contributed by atoms with Gasteiger partial charge in [-0.15, -0.1) is 0 Å². The summed E-state index contributed by atoms with van der Waals surface area (Å²) in [6.45, 7) is -2.06. The summed E-state index contributed by atoms with van der Waals surface area (Å²) in [5, 5.41) is 109. The van der Waals surface area contributed by atoms with Crippen molar-refractivity contribution in [3.63, 3.8) is 0 Å². The number of aliphatic hydroxyl groups excluding tert-OH is 11. The molecule has 34 heavy (non-hydrogen) atoms. The van der Waals surface area contributed by atoms with Crippen molar-refractivity contribution in [3.8, 4) is 0 Å². The zero-order valence-electron chi connectivity index (χ0n) is 17.7. The van der Waals surface area contributed by atoms with Crippen molar-refractivity contribution >= 4 is 0 Å². The quantitative estimate of drug-likeness (QED) is 0.154. The van der Waals surface area contributed by atoms with Gasteiger partial charge >= 0.3 is 0 Å². The van der Waals surface area contributed by atoms with Crippen LogP contribution in [0.1, 0.15) is 0 Å². The first-order chi connectivity index (χ1) is 16.0. The van der Waals surface area contributed by atoms with E-state index in [0.29, 0.717) is 0 Å². The van der Waals surface area contributed by atoms with Gasteiger partial charge in [0.05, 0.1) is 19.8 Å². The second kappa shape index (κ2) is 11.6. The summed E-state index contributed by atoms with van der Waals surface area (Å²) in [5.74, 6) is 0. The van der Waals surface area contributed by atoms with Crippen molar-refractivity contribution in [2.75, 3.05) is 19.8 Å². The number of ether oxygens (including phenoxy) is 5. The van der Waals surface area contributed by atoms with Crippen LogP contribution in [-0.2, 0) is 23.7 Å². The Morgan fingerprint density at radius 2 is 1.00 bits per heavy atom. The summed E-state index contributed by atoms with van der Waals surface area (Å²) in [6, 6.07) is 0. The monoisotopic (exact) mass is 504 g/mol. The molecule has 1 unspecified atom stereocenters. The molecule has 11 N–H and O–H groups in total. The van der Waals surface area contributed by atoms with E-state index < -0.39 is 112 Å². The highest BCUT2D eigenvalue weighted by Crippen LogP contribution is 2.29. The van der Waals surface area contributed by atoms with Crippen molar-refractivity contribution in [1.29, 1.82) is 0 Å². The lowest BCUT2D eigenvalue weighted by molar-refractivity contribution is -0.362. The largest absolute Gasteiger partial charge is 0.394 e. The van der Waals surface area contributed by atoms with E-state index in [1.807, 2.05) is 0 Å². The normalized spacial score (nSPS) is 52.5. The standard InChI is InChI=1S/C18H32O16/c19-1-4-7(21)10(24)12(26)17(32-4)30-3-6-8(22)11(25)13(27)18(33-6)34-15-9(23)5(2-20)31-16(29)14(15)28/h4-29H,1-3H2/t4-,5-,6-,7-,8-,9-,10+,11+,12-,13-,14-,15+,16?,17+,18+/m1/s1. The third-order valence-corrected chi connectivity index (χ3v) is 6.07. The van der Waals surface area contributed by atoms with Gasteiger partial charge in [-0.1, -0.05) is 0 Å². The van der Waals surface area contributed by atoms with Crippen LogP contribution in [0, 0.1) is 0 Å². The maximum absolute atomic E-state index is 10.3. The fourth-order valence-corrected chi connectivity index (χ4v) is 3.94. The molecule has 0 bridgehead atoms. The zero-order chi connectivity index (χ0) is 25.3. The Hall–Kier alpha value is -0.640. The molecular weight excluding hydrogens is 472 g/mol. The number of aliphatic hydroxyl groups is 11. The average Bonchev–Trinajstić information content (AvgIpc) is 2.82. The fraction of sp³-hybridized carbons (Fsp3) is 1.00. The summed E-state index contributed by atoms with van der Waals surface area (Å²) >= 11 is 0. The molecule has 0 aromatic carbocycles. The lowest BCUT2D eigenvalue weighted by Gasteiger charge is -2.45. The van der Waals surface area contributed by atoms with Gasteiger partial charge in [-0.05, 0) is 0 Å². The highest BCUT2D eigenvalue weighted by Gasteiger charge is 2.51. The highest BCUT2D eigenvalue weighted by atomic mass is 16.7. The summed E-state index contributed by atoms with van der Waals surface area (Å²) in [5.41, 5.74) is 0. The summed E-state index contributed by atoms with van der Waals surface area (Å²) in [7, 11) is 0. The summed E-state index contributed by atoms with van der Waals surface area (Å²) in [6.07, 6.45) is -25.0. The molecule has 200 valence electrons. The van der Waals surface area contributed by atoms with Gasteiger partial charge in [0.15, 0.2) is 18.9 Å². The Morgan fingerprint density at radius 1 is 0.500 bits per heavy atom. The predicted molar refractivity (Wildman–Crippen MR) is 101 cm³/mol. The third kappa shape index (κ3) is 5.52. The maximum atomic E-state index is 10.3. The second-order valence-corrected chi connectivity index (χ2v) is 8.37. The van der Waals surface area contributed by atoms with E-state index in [0.717, 1.165) is 0 Å². The van der Waals surface area contributed by atoms with Crippen LogP contribution < -0.4 is 0 Å². The van der Waals surface area contributed by atoms with Crippen molar-refractivity contribution in [3.05, 3.63) is 0 Å². The molecule has 0 spiro atoms. The van der Waals surface area contributed by atoms with E-state index in [-0.39, 0.29) is 0 Å². The fourth-order valence-electron chi connectivity index (χ4n) is 3.94. The van der Waals surface area contributed by atoms with Crippen LogP contribution in [0.15, 0.2) is 0 Å². The van der Waals surface area contributed by atoms with Crippen molar-refractivity contribution in [2.24, 2.45) is 0 Å². The highest BCUT2D eigenvalue weighted by molar-refractivity contribution is 4.94. The molecule has 0 saturated carbocycles. The van der Waals surface area contributed by atoms with E-state index >= 15 is 0 Å². The molecule has 3 heterocycles. The minimum atomic E-state index is -1.88. The molecule has 0 aromatic heterocycles. The lowest BCUT2D eigenvalue weighted by atomic mass is 9.97. The Morgan fingerprint density at radius 3 is 1.59 bits per heavy atom. The topological polar surface area (TPSA) is 269 Å². The van der Waals surface area contributed by atoms with Gasteiger partial charge in [-0.25, -0.2) is 0 Å². The Kier molecular flexibility index (Phi) is 9.54. The molecular formula is C18H32O16. The second-order valence-electron chi connectivity index (χ2n) is 8.37. The van der Waals surface area contributed by atoms with Crippen molar-refractivity contribution in [2.45, 2.75) is 92.1 Å². The van der Waals surface area contributed by atoms with Crippen LogP contribution >= 0.6 is 0 Å². The van der Waals surface area contributed by atoms with Crippen LogP contribution in [-0.4, -0.2) is 168 Å². The van der Waals surface area contributed by atoms with Crippen LogP contribution in [0.5, 0.6) is 0 Å². The van der Waals surface area contributed by atoms with Gasteiger partial charge in [-0.3, -0.25) is 0 Å². The summed E-state index contributed by atoms with van der Waals surface area (Å²) in [4.78, 5) is 0. The Labute approximate surface area is 192 Å². The average molecular weight is 504 g/mol. The molecule has 15 atom stereocenters. The van der Waals surface area contributed by atoms with Gasteiger partial charge in [0.1, 0.15) is 73.2 Å². The molecule has 3 rings (SSSR count). The lowest BCUT2D eigenvalue weighted by Crippen LogP contribution is -2.65. The molecule has 3 fully saturated rings. The predicted octanol–water partition coefficient (Wildman–Crippen LogP) is -7.57. The molecule has 16 nitrogen and oxygen atoms in total. The van der Waals surface area contributed by atoms with E-state index in [4.69, 9.17) is 23.7 Å². The SMILES string of the molecule is OC[C@H]1O[C@H](OC[C@H]2O[C@@H](O[C@H]3[C@H](O)[C@@H](CO)OC(O)[C@@H]3O)[C@H](O)[C@@H](O)[C@@H]2O)[C@H](O)[C@@H](O)[C@@H]1O. The van der Waals surface area contributed by atoms with E-state index in [9.17, 15) is 56.2 Å². The van der Waals surface area contributed by atoms with E-state index in [1.54, 1.807) is 0 Å². The van der Waals surface area contributed by atoms with Gasteiger partial charge in [0, 0.05) is 0 Å². The van der Waals surface area contributed by atoms with Gasteiger partial charge < -0.3 is 79.9 Å². The van der Waals surface area contributed by atoms with Crippen molar-refractivity contribution < 1.29 is 79.9 Å². The van der Waals surface area contributed by atoms with Crippen LogP contribution in [0.3, 0.4) is 0 Å². The smallest absolute Gasteiger partial charge is 0.187 e. The molecule has 3 aliphatic rings. The van der Waals surface area contributed by atoms with Gasteiger partial charge in [0.25, 0.3) is 0 Å². The van der Waals surface area contributed by atoms with Gasteiger partial charge in [0.2, 0.25) is 0 Å². The number of hydrogen-bond acceptors (Lipinski definition) is 16. The first-order valence-corrected chi connectivity index (χ1v) is 10.6. The van der Waals surface area contributed by atoms with E-state index in [2.05, 4.69) is 0 Å². The minimum Gasteiger partial charge on any atom is -0.394 e. The Bertz CT molecular complexity index is 639. The Balaban J connectivity index is 1.66. The molecule has 3 saturated heterocycles. The first-order valence-electron chi connectivity index (χ1n) is 10.6. The zero-order valence-corrected chi connectivity index (χ0v) is 17.7. The van der Waals surface area contributed by atoms with Crippen LogP contribution in [0.4, 0.5) is 0 Å². The van der Waals surface area contributed by atoms with E-state index in [1.165, 1.54) is 0 Å². The molecule has 0 amide bonds. The number of hydrogen-bond donors (Lipinski definition) is 11. The van der Waals surface area contributed by atoms with Gasteiger partial charge in [-0.2, -0.15) is 0 Å². The molecule has 0 aromatic rings. The molecule has 16 heteroatoms. The first kappa shape index (κ1) is 27.9. The van der Waals surface area contributed by atoms with Crippen molar-refractivity contribution in [1.82, 2.24) is 0 Å². The van der Waals surface area contributed by atoms with Crippen LogP contribution in [0.25, 0.3) is 0 Å². The third-order valence-electron chi connectivity index (χ3n) is 6.07. The summed E-state index contributed by atoms with van der Waals surface area (Å²) < 4.78 is 26.1. The maximum Gasteiger partial charge on any atom is 0.187 e. The van der Waals surface area contributed by atoms with Crippen LogP contribution in [0.2, 0.25) is 0 Å². The molecule has 0 radical (unpaired) electrons.